The number of para-hydroxylation sites is 1. The van der Waals surface area contributed by atoms with Crippen LogP contribution >= 0.6 is 0 Å². The second kappa shape index (κ2) is 9.35. The average Bonchev–Trinajstić information content (AvgIpc) is 3.55. The number of fused-ring (bicyclic) bond motifs is 6. The highest BCUT2D eigenvalue weighted by atomic mass is 16.3. The van der Waals surface area contributed by atoms with E-state index >= 15 is 0 Å². The number of hydrogen-bond donors (Lipinski definition) is 0. The smallest absolute Gasteiger partial charge is 0.137 e. The largest absolute Gasteiger partial charge is 0.456 e. The number of furan rings is 1. The van der Waals surface area contributed by atoms with Crippen LogP contribution in [0.15, 0.2) is 143 Å². The molecule has 194 valence electrons. The SMILES string of the molecule is C=NCc1cccc(-n2c3cc(-c4cccc(-c5ccccc5)c4)ccc3c3cc4c(cc32)oc2ccccc24)c1. The molecule has 0 unspecified atom stereocenters. The van der Waals surface area contributed by atoms with Gasteiger partial charge in [-0.1, -0.05) is 91.0 Å². The van der Waals surface area contributed by atoms with Gasteiger partial charge < -0.3 is 8.98 Å². The Balaban J connectivity index is 1.40. The van der Waals surface area contributed by atoms with Crippen LogP contribution in [0.25, 0.3) is 71.7 Å². The molecule has 0 spiro atoms. The fourth-order valence-electron chi connectivity index (χ4n) is 6.13. The molecule has 0 aliphatic carbocycles. The Bertz CT molecular complexity index is 2250. The lowest BCUT2D eigenvalue weighted by molar-refractivity contribution is 0.669. The fourth-order valence-corrected chi connectivity index (χ4v) is 6.13. The summed E-state index contributed by atoms with van der Waals surface area (Å²) in [5.74, 6) is 0. The molecular weight excluding hydrogens is 500 g/mol. The van der Waals surface area contributed by atoms with Gasteiger partial charge in [0.15, 0.2) is 0 Å². The lowest BCUT2D eigenvalue weighted by Gasteiger charge is -2.11. The predicted octanol–water partition coefficient (Wildman–Crippen LogP) is 10.2. The van der Waals surface area contributed by atoms with Crippen molar-refractivity contribution in [1.29, 1.82) is 0 Å². The molecule has 41 heavy (non-hydrogen) atoms. The second-order valence-electron chi connectivity index (χ2n) is 10.5. The topological polar surface area (TPSA) is 30.4 Å². The Morgan fingerprint density at radius 2 is 1.24 bits per heavy atom. The van der Waals surface area contributed by atoms with Crippen LogP contribution < -0.4 is 0 Å². The summed E-state index contributed by atoms with van der Waals surface area (Å²) in [5.41, 5.74) is 11.1. The van der Waals surface area contributed by atoms with Crippen molar-refractivity contribution in [3.05, 3.63) is 139 Å². The Kier molecular flexibility index (Phi) is 5.36. The molecule has 3 heteroatoms. The number of aliphatic imine (C=N–C) groups is 1. The van der Waals surface area contributed by atoms with Crippen LogP contribution in [-0.4, -0.2) is 11.3 Å². The molecule has 0 saturated carbocycles. The van der Waals surface area contributed by atoms with Crippen LogP contribution in [-0.2, 0) is 6.54 Å². The molecular formula is C38H26N2O. The lowest BCUT2D eigenvalue weighted by atomic mass is 9.98. The molecule has 0 saturated heterocycles. The van der Waals surface area contributed by atoms with Gasteiger partial charge in [0.25, 0.3) is 0 Å². The first-order valence-electron chi connectivity index (χ1n) is 13.8. The molecule has 8 rings (SSSR count). The van der Waals surface area contributed by atoms with Crippen LogP contribution in [0.3, 0.4) is 0 Å². The number of hydrogen-bond acceptors (Lipinski definition) is 2. The monoisotopic (exact) mass is 526 g/mol. The molecule has 3 nitrogen and oxygen atoms in total. The number of aromatic nitrogens is 1. The number of nitrogens with zero attached hydrogens (tertiary/aromatic N) is 2. The molecule has 2 aromatic heterocycles. The minimum absolute atomic E-state index is 0.580. The van der Waals surface area contributed by atoms with Crippen LogP contribution in [0, 0.1) is 0 Å². The molecule has 8 aromatic rings. The first-order valence-corrected chi connectivity index (χ1v) is 13.8. The van der Waals surface area contributed by atoms with Crippen molar-refractivity contribution in [3.63, 3.8) is 0 Å². The van der Waals surface area contributed by atoms with Crippen molar-refractivity contribution >= 4 is 50.5 Å². The Hall–Kier alpha value is -5.41. The standard InChI is InChI=1S/C38H26N2O/c1-39-24-25-9-7-14-30(19-25)40-35-21-29(28-13-8-12-27(20-28)26-10-3-2-4-11-26)17-18-31(35)33-22-34-32-15-5-6-16-37(32)41-38(34)23-36(33)40/h2-23H,1,24H2. The summed E-state index contributed by atoms with van der Waals surface area (Å²) < 4.78 is 8.68. The zero-order valence-corrected chi connectivity index (χ0v) is 22.4. The van der Waals surface area contributed by atoms with Crippen molar-refractivity contribution in [2.45, 2.75) is 6.54 Å². The van der Waals surface area contributed by atoms with Gasteiger partial charge in [0.1, 0.15) is 11.2 Å². The van der Waals surface area contributed by atoms with E-state index in [4.69, 9.17) is 4.42 Å². The van der Waals surface area contributed by atoms with Gasteiger partial charge in [0.2, 0.25) is 0 Å². The maximum absolute atomic E-state index is 6.32. The summed E-state index contributed by atoms with van der Waals surface area (Å²) in [7, 11) is 0. The highest BCUT2D eigenvalue weighted by Crippen LogP contribution is 2.40. The van der Waals surface area contributed by atoms with Gasteiger partial charge >= 0.3 is 0 Å². The summed E-state index contributed by atoms with van der Waals surface area (Å²) in [6, 6.07) is 47.5. The van der Waals surface area contributed by atoms with Gasteiger partial charge in [-0.15, -0.1) is 0 Å². The lowest BCUT2D eigenvalue weighted by Crippen LogP contribution is -1.95. The summed E-state index contributed by atoms with van der Waals surface area (Å²) in [6.07, 6.45) is 0. The highest BCUT2D eigenvalue weighted by molar-refractivity contribution is 6.17. The van der Waals surface area contributed by atoms with E-state index in [-0.39, 0.29) is 0 Å². The van der Waals surface area contributed by atoms with E-state index in [1.54, 1.807) is 0 Å². The summed E-state index contributed by atoms with van der Waals surface area (Å²) in [5, 5.41) is 4.69. The van der Waals surface area contributed by atoms with Gasteiger partial charge in [-0.3, -0.25) is 4.99 Å². The predicted molar refractivity (Wildman–Crippen MR) is 172 cm³/mol. The van der Waals surface area contributed by atoms with E-state index in [9.17, 15) is 0 Å². The molecule has 2 heterocycles. The zero-order valence-electron chi connectivity index (χ0n) is 22.4. The van der Waals surface area contributed by atoms with E-state index in [2.05, 4.69) is 138 Å². The quantitative estimate of drug-likeness (QED) is 0.205. The number of rotatable bonds is 5. The van der Waals surface area contributed by atoms with Crippen molar-refractivity contribution in [2.75, 3.05) is 0 Å². The minimum atomic E-state index is 0.580. The third-order valence-corrected chi connectivity index (χ3v) is 8.03. The van der Waals surface area contributed by atoms with E-state index in [0.717, 1.165) is 44.2 Å². The van der Waals surface area contributed by atoms with E-state index in [1.165, 1.54) is 33.0 Å². The first kappa shape index (κ1) is 23.5. The van der Waals surface area contributed by atoms with E-state index in [0.29, 0.717) is 6.54 Å². The Morgan fingerprint density at radius 3 is 2.12 bits per heavy atom. The molecule has 0 aliphatic heterocycles. The van der Waals surface area contributed by atoms with Crippen molar-refractivity contribution < 1.29 is 4.42 Å². The molecule has 0 radical (unpaired) electrons. The third kappa shape index (κ3) is 3.86. The summed E-state index contributed by atoms with van der Waals surface area (Å²) >= 11 is 0. The third-order valence-electron chi connectivity index (χ3n) is 8.03. The average molecular weight is 527 g/mol. The van der Waals surface area contributed by atoms with Crippen molar-refractivity contribution in [3.8, 4) is 27.9 Å². The molecule has 0 N–H and O–H groups in total. The van der Waals surface area contributed by atoms with Crippen LogP contribution in [0.5, 0.6) is 0 Å². The minimum Gasteiger partial charge on any atom is -0.456 e. The van der Waals surface area contributed by atoms with Gasteiger partial charge in [0.05, 0.1) is 17.6 Å². The normalized spacial score (nSPS) is 11.6. The molecule has 0 aliphatic rings. The Labute approximate surface area is 237 Å². The first-order chi connectivity index (χ1) is 20.3. The molecule has 0 amide bonds. The zero-order chi connectivity index (χ0) is 27.3. The molecule has 0 bridgehead atoms. The Morgan fingerprint density at radius 1 is 0.512 bits per heavy atom. The van der Waals surface area contributed by atoms with Crippen LogP contribution in [0.2, 0.25) is 0 Å². The van der Waals surface area contributed by atoms with Crippen molar-refractivity contribution in [1.82, 2.24) is 4.57 Å². The van der Waals surface area contributed by atoms with Gasteiger partial charge in [-0.2, -0.15) is 0 Å². The van der Waals surface area contributed by atoms with Crippen LogP contribution in [0.1, 0.15) is 5.56 Å². The fraction of sp³-hybridized carbons (Fsp3) is 0.0263. The van der Waals surface area contributed by atoms with Gasteiger partial charge in [-0.05, 0) is 70.9 Å². The highest BCUT2D eigenvalue weighted by Gasteiger charge is 2.17. The van der Waals surface area contributed by atoms with E-state index < -0.39 is 0 Å². The summed E-state index contributed by atoms with van der Waals surface area (Å²) in [4.78, 5) is 4.13. The second-order valence-corrected chi connectivity index (χ2v) is 10.5. The molecule has 0 fully saturated rings. The maximum atomic E-state index is 6.32. The number of benzene rings is 6. The molecule has 6 aromatic carbocycles. The van der Waals surface area contributed by atoms with Crippen LogP contribution in [0.4, 0.5) is 0 Å². The summed E-state index contributed by atoms with van der Waals surface area (Å²) in [6.45, 7) is 4.29. The van der Waals surface area contributed by atoms with Gasteiger partial charge in [0, 0.05) is 33.3 Å². The van der Waals surface area contributed by atoms with E-state index in [1.807, 2.05) is 12.1 Å². The maximum Gasteiger partial charge on any atom is 0.137 e. The molecule has 0 atom stereocenters. The van der Waals surface area contributed by atoms with Gasteiger partial charge in [-0.25, -0.2) is 0 Å². The van der Waals surface area contributed by atoms with Crippen molar-refractivity contribution in [2.24, 2.45) is 4.99 Å².